The van der Waals surface area contributed by atoms with Crippen LogP contribution in [0, 0.1) is 19.3 Å². The number of fused-ring (bicyclic) bond motifs is 4. The van der Waals surface area contributed by atoms with E-state index in [9.17, 15) is 13.2 Å². The van der Waals surface area contributed by atoms with Crippen molar-refractivity contribution in [3.8, 4) is 17.1 Å². The van der Waals surface area contributed by atoms with Gasteiger partial charge in [0, 0.05) is 28.8 Å². The van der Waals surface area contributed by atoms with Gasteiger partial charge < -0.3 is 9.64 Å². The SMILES string of the molecule is Cc1cccc(C)c1-c1cc2nc(n1)NS(=O)(=O)c1cccc(c1)C(=O)N(Cc1cccc(C3CCCC3)n1)[C@H](CC(C)(C)C)CO2. The van der Waals surface area contributed by atoms with Gasteiger partial charge in [0.25, 0.3) is 15.9 Å². The molecule has 0 radical (unpaired) electrons. The molecule has 1 atom stereocenters. The largest absolute Gasteiger partial charge is 0.475 e. The number of aromatic nitrogens is 3. The first-order valence-corrected chi connectivity index (χ1v) is 17.8. The second-order valence-electron chi connectivity index (χ2n) is 14.0. The summed E-state index contributed by atoms with van der Waals surface area (Å²) in [5, 5.41) is 0. The molecule has 0 saturated heterocycles. The Morgan fingerprint density at radius 3 is 2.34 bits per heavy atom. The van der Waals surface area contributed by atoms with E-state index in [0.29, 0.717) is 18.0 Å². The molecule has 2 aliphatic rings. The van der Waals surface area contributed by atoms with E-state index in [2.05, 4.69) is 41.5 Å². The fourth-order valence-corrected chi connectivity index (χ4v) is 7.75. The predicted octanol–water partition coefficient (Wildman–Crippen LogP) is 7.45. The molecule has 6 rings (SSSR count). The summed E-state index contributed by atoms with van der Waals surface area (Å²) in [6, 6.07) is 19.5. The summed E-state index contributed by atoms with van der Waals surface area (Å²) in [6.07, 6.45) is 5.28. The molecule has 0 spiro atoms. The molecule has 1 aliphatic carbocycles. The molecule has 1 fully saturated rings. The fourth-order valence-electron chi connectivity index (χ4n) is 6.76. The van der Waals surface area contributed by atoms with Crippen LogP contribution in [0.2, 0.25) is 0 Å². The molecule has 9 nitrogen and oxygen atoms in total. The number of aryl methyl sites for hydroxylation is 2. The van der Waals surface area contributed by atoms with Gasteiger partial charge in [-0.3, -0.25) is 9.78 Å². The van der Waals surface area contributed by atoms with E-state index in [1.54, 1.807) is 23.1 Å². The minimum Gasteiger partial charge on any atom is -0.475 e. The maximum Gasteiger partial charge on any atom is 0.264 e. The zero-order chi connectivity index (χ0) is 33.3. The number of ether oxygens (including phenoxy) is 1. The van der Waals surface area contributed by atoms with E-state index in [1.165, 1.54) is 25.0 Å². The molecular weight excluding hydrogens is 611 g/mol. The Labute approximate surface area is 277 Å². The molecule has 3 heterocycles. The van der Waals surface area contributed by atoms with Crippen molar-refractivity contribution in [2.24, 2.45) is 5.41 Å². The molecule has 2 aromatic heterocycles. The second kappa shape index (κ2) is 13.1. The summed E-state index contributed by atoms with van der Waals surface area (Å²) in [5.41, 5.74) is 5.36. The molecule has 1 N–H and O–H groups in total. The summed E-state index contributed by atoms with van der Waals surface area (Å²) in [5.74, 6) is 0.255. The third kappa shape index (κ3) is 7.48. The first kappa shape index (κ1) is 32.6. The van der Waals surface area contributed by atoms with Crippen molar-refractivity contribution < 1.29 is 17.9 Å². The van der Waals surface area contributed by atoms with Gasteiger partial charge >= 0.3 is 0 Å². The smallest absolute Gasteiger partial charge is 0.264 e. The van der Waals surface area contributed by atoms with Crippen molar-refractivity contribution in [3.05, 3.63) is 94.8 Å². The van der Waals surface area contributed by atoms with Gasteiger partial charge in [0.15, 0.2) is 0 Å². The van der Waals surface area contributed by atoms with Crippen LogP contribution < -0.4 is 9.46 Å². The number of amides is 1. The summed E-state index contributed by atoms with van der Waals surface area (Å²) >= 11 is 0. The number of sulfonamides is 1. The number of rotatable bonds is 5. The first-order valence-electron chi connectivity index (χ1n) is 16.3. The molecule has 10 heteroatoms. The fraction of sp³-hybridized carbons (Fsp3) is 0.405. The van der Waals surface area contributed by atoms with Crippen LogP contribution >= 0.6 is 0 Å². The van der Waals surface area contributed by atoms with E-state index >= 15 is 0 Å². The number of carbonyl (C=O) groups excluding carboxylic acids is 1. The molecule has 0 unspecified atom stereocenters. The molecular formula is C37H43N5O4S. The van der Waals surface area contributed by atoms with Crippen molar-refractivity contribution in [2.75, 3.05) is 11.3 Å². The van der Waals surface area contributed by atoms with E-state index in [4.69, 9.17) is 9.72 Å². The van der Waals surface area contributed by atoms with Crippen molar-refractivity contribution in [3.63, 3.8) is 0 Å². The zero-order valence-electron chi connectivity index (χ0n) is 27.8. The van der Waals surface area contributed by atoms with Crippen LogP contribution in [-0.2, 0) is 16.6 Å². The van der Waals surface area contributed by atoms with Crippen molar-refractivity contribution in [1.82, 2.24) is 19.9 Å². The van der Waals surface area contributed by atoms with Crippen molar-refractivity contribution in [1.29, 1.82) is 0 Å². The number of carbonyl (C=O) groups is 1. The Balaban J connectivity index is 1.47. The van der Waals surface area contributed by atoms with Crippen LogP contribution in [-0.4, -0.2) is 46.8 Å². The normalized spacial score (nSPS) is 18.4. The number of nitrogens with one attached hydrogen (secondary N) is 1. The topological polar surface area (TPSA) is 114 Å². The van der Waals surface area contributed by atoms with Gasteiger partial charge in [0.05, 0.1) is 28.9 Å². The number of anilines is 1. The van der Waals surface area contributed by atoms with Gasteiger partial charge in [0.2, 0.25) is 11.8 Å². The lowest BCUT2D eigenvalue weighted by atomic mass is 9.87. The summed E-state index contributed by atoms with van der Waals surface area (Å²) < 4.78 is 36.3. The number of hydrogen-bond acceptors (Lipinski definition) is 7. The molecule has 4 aromatic rings. The van der Waals surface area contributed by atoms with E-state index in [0.717, 1.165) is 40.9 Å². The molecule has 1 saturated carbocycles. The minimum absolute atomic E-state index is 0.0557. The monoisotopic (exact) mass is 653 g/mol. The third-order valence-corrected chi connectivity index (χ3v) is 10.3. The Kier molecular flexibility index (Phi) is 9.07. The van der Waals surface area contributed by atoms with Gasteiger partial charge in [-0.25, -0.2) is 18.1 Å². The maximum absolute atomic E-state index is 14.5. The number of nitrogens with zero attached hydrogens (tertiary/aromatic N) is 4. The van der Waals surface area contributed by atoms with Crippen LogP contribution in [0.3, 0.4) is 0 Å². The van der Waals surface area contributed by atoms with Crippen LogP contribution in [0.25, 0.3) is 11.3 Å². The van der Waals surface area contributed by atoms with Crippen molar-refractivity contribution >= 4 is 21.9 Å². The highest BCUT2D eigenvalue weighted by molar-refractivity contribution is 7.92. The van der Waals surface area contributed by atoms with Gasteiger partial charge in [-0.2, -0.15) is 4.98 Å². The summed E-state index contributed by atoms with van der Waals surface area (Å²) in [4.78, 5) is 30.3. The zero-order valence-corrected chi connectivity index (χ0v) is 28.6. The molecule has 2 aromatic carbocycles. The average Bonchev–Trinajstić information content (AvgIpc) is 3.56. The second-order valence-corrected chi connectivity index (χ2v) is 15.7. The highest BCUT2D eigenvalue weighted by Crippen LogP contribution is 2.34. The Bertz CT molecular complexity index is 1880. The molecule has 1 aliphatic heterocycles. The molecule has 4 bridgehead atoms. The van der Waals surface area contributed by atoms with E-state index < -0.39 is 10.0 Å². The first-order chi connectivity index (χ1) is 22.4. The highest BCUT2D eigenvalue weighted by atomic mass is 32.2. The lowest BCUT2D eigenvalue weighted by molar-refractivity contribution is 0.0509. The van der Waals surface area contributed by atoms with Gasteiger partial charge in [-0.15, -0.1) is 0 Å². The quantitative estimate of drug-likeness (QED) is 0.238. The molecule has 47 heavy (non-hydrogen) atoms. The van der Waals surface area contributed by atoms with Crippen LogP contribution in [0.1, 0.15) is 91.7 Å². The van der Waals surface area contributed by atoms with Gasteiger partial charge in [-0.05, 0) is 80.0 Å². The minimum atomic E-state index is -4.15. The molecule has 1 amide bonds. The van der Waals surface area contributed by atoms with Gasteiger partial charge in [-0.1, -0.05) is 63.9 Å². The predicted molar refractivity (Wildman–Crippen MR) is 183 cm³/mol. The Hall–Kier alpha value is -4.31. The number of pyridine rings is 1. The van der Waals surface area contributed by atoms with Crippen LogP contribution in [0.5, 0.6) is 5.88 Å². The summed E-state index contributed by atoms with van der Waals surface area (Å²) in [7, 11) is -4.15. The Morgan fingerprint density at radius 1 is 0.915 bits per heavy atom. The lowest BCUT2D eigenvalue weighted by Crippen LogP contribution is -2.45. The average molecular weight is 654 g/mol. The summed E-state index contributed by atoms with van der Waals surface area (Å²) in [6.45, 7) is 10.8. The lowest BCUT2D eigenvalue weighted by Gasteiger charge is -2.35. The third-order valence-electron chi connectivity index (χ3n) is 8.96. The van der Waals surface area contributed by atoms with Gasteiger partial charge in [0.1, 0.15) is 6.61 Å². The number of hydrogen-bond donors (Lipinski definition) is 1. The van der Waals surface area contributed by atoms with Crippen molar-refractivity contribution in [2.45, 2.75) is 90.1 Å². The van der Waals surface area contributed by atoms with E-state index in [1.807, 2.05) is 44.2 Å². The molecule has 246 valence electrons. The van der Waals surface area contributed by atoms with Crippen LogP contribution in [0.4, 0.5) is 5.95 Å². The standard InChI is InChI=1S/C37H43N5O4S/c1-24-11-8-12-25(2)34(24)32-20-33-40-36(39-32)41-47(44,45)30-17-9-15-27(19-30)35(43)42(29(23-46-33)21-37(3,4)5)22-28-16-10-18-31(38-28)26-13-6-7-14-26/h8-12,15-20,26,29H,6-7,13-14,21-23H2,1-5H3,(H,39,40,41)/t29-/m1/s1. The van der Waals surface area contributed by atoms with E-state index in [-0.39, 0.29) is 52.8 Å². The maximum atomic E-state index is 14.5. The van der Waals surface area contributed by atoms with Crippen LogP contribution in [0.15, 0.2) is 71.6 Å². The Morgan fingerprint density at radius 2 is 1.62 bits per heavy atom. The highest BCUT2D eigenvalue weighted by Gasteiger charge is 2.32. The number of benzene rings is 2.